The average molecular weight is 415 g/mol. The van der Waals surface area contributed by atoms with Gasteiger partial charge in [-0.15, -0.1) is 23.1 Å². The summed E-state index contributed by atoms with van der Waals surface area (Å²) in [7, 11) is 0. The van der Waals surface area contributed by atoms with E-state index in [0.717, 1.165) is 66.1 Å². The van der Waals surface area contributed by atoms with E-state index in [9.17, 15) is 4.79 Å². The maximum atomic E-state index is 13.1. The van der Waals surface area contributed by atoms with Crippen LogP contribution in [0.4, 0.5) is 0 Å². The Morgan fingerprint density at radius 1 is 1.25 bits per heavy atom. The number of thioether (sulfide) groups is 1. The molecule has 146 valence electrons. The van der Waals surface area contributed by atoms with Gasteiger partial charge in [0.2, 0.25) is 0 Å². The maximum absolute atomic E-state index is 13.1. The Hall–Kier alpha value is -2.16. The highest BCUT2D eigenvalue weighted by molar-refractivity contribution is 7.98. The number of rotatable bonds is 6. The van der Waals surface area contributed by atoms with Crippen molar-refractivity contribution in [2.45, 2.75) is 24.1 Å². The summed E-state index contributed by atoms with van der Waals surface area (Å²) in [6.07, 6.45) is 0. The number of benzene rings is 1. The van der Waals surface area contributed by atoms with Crippen molar-refractivity contribution in [1.82, 2.24) is 19.9 Å². The summed E-state index contributed by atoms with van der Waals surface area (Å²) in [5.41, 5.74) is 4.57. The number of thiazole rings is 1. The van der Waals surface area contributed by atoms with E-state index in [2.05, 4.69) is 15.0 Å². The zero-order chi connectivity index (χ0) is 19.3. The van der Waals surface area contributed by atoms with Crippen LogP contribution in [0, 0.1) is 6.92 Å². The largest absolute Gasteiger partial charge is 0.360 e. The Labute approximate surface area is 172 Å². The first-order valence-electron chi connectivity index (χ1n) is 9.22. The van der Waals surface area contributed by atoms with Crippen LogP contribution in [0.3, 0.4) is 0 Å². The van der Waals surface area contributed by atoms with Crippen LogP contribution in [0.25, 0.3) is 0 Å². The molecule has 3 aromatic rings. The molecule has 1 saturated heterocycles. The monoisotopic (exact) mass is 414 g/mol. The minimum Gasteiger partial charge on any atom is -0.360 e. The van der Waals surface area contributed by atoms with Crippen LogP contribution in [-0.2, 0) is 12.3 Å². The van der Waals surface area contributed by atoms with E-state index in [4.69, 9.17) is 4.52 Å². The number of hydrogen-bond donors (Lipinski definition) is 0. The number of nitrogens with zero attached hydrogens (tertiary/aromatic N) is 4. The molecule has 3 heterocycles. The van der Waals surface area contributed by atoms with Gasteiger partial charge < -0.3 is 9.42 Å². The van der Waals surface area contributed by atoms with E-state index < -0.39 is 0 Å². The van der Waals surface area contributed by atoms with Crippen molar-refractivity contribution < 1.29 is 9.32 Å². The van der Waals surface area contributed by atoms with Gasteiger partial charge in [0.15, 0.2) is 5.76 Å². The fourth-order valence-electron chi connectivity index (χ4n) is 3.22. The average Bonchev–Trinajstić information content (AvgIpc) is 3.38. The molecular formula is C20H22N4O2S2. The Morgan fingerprint density at radius 3 is 2.79 bits per heavy atom. The zero-order valence-corrected chi connectivity index (χ0v) is 17.3. The van der Waals surface area contributed by atoms with Gasteiger partial charge in [0.05, 0.1) is 29.0 Å². The smallest absolute Gasteiger partial charge is 0.255 e. The standard InChI is InChI=1S/C20H22N4O2S2/c1-15-10-17(26-22-15)11-23-6-8-24(9-7-23)20(25)18-4-2-3-5-19(18)28-13-16-12-27-14-21-16/h2-5,10,12,14H,6-9,11,13H2,1H3. The van der Waals surface area contributed by atoms with Crippen LogP contribution >= 0.6 is 23.1 Å². The fraction of sp³-hybridized carbons (Fsp3) is 0.350. The molecule has 0 saturated carbocycles. The number of aryl methyl sites for hydroxylation is 1. The lowest BCUT2D eigenvalue weighted by atomic mass is 10.1. The number of aromatic nitrogens is 2. The molecule has 0 spiro atoms. The van der Waals surface area contributed by atoms with Crippen molar-refractivity contribution in [1.29, 1.82) is 0 Å². The van der Waals surface area contributed by atoms with Crippen LogP contribution < -0.4 is 0 Å². The highest BCUT2D eigenvalue weighted by Gasteiger charge is 2.24. The van der Waals surface area contributed by atoms with Crippen molar-refractivity contribution in [2.75, 3.05) is 26.2 Å². The van der Waals surface area contributed by atoms with E-state index in [1.165, 1.54) is 0 Å². The van der Waals surface area contributed by atoms with E-state index >= 15 is 0 Å². The molecule has 1 aliphatic rings. The summed E-state index contributed by atoms with van der Waals surface area (Å²) in [6.45, 7) is 5.77. The van der Waals surface area contributed by atoms with E-state index in [1.807, 2.05) is 53.0 Å². The summed E-state index contributed by atoms with van der Waals surface area (Å²) >= 11 is 3.26. The van der Waals surface area contributed by atoms with Crippen molar-refractivity contribution >= 4 is 29.0 Å². The molecule has 0 atom stereocenters. The lowest BCUT2D eigenvalue weighted by Crippen LogP contribution is -2.48. The van der Waals surface area contributed by atoms with Crippen LogP contribution in [0.15, 0.2) is 50.6 Å². The molecule has 28 heavy (non-hydrogen) atoms. The Balaban J connectivity index is 1.36. The minimum atomic E-state index is 0.108. The lowest BCUT2D eigenvalue weighted by Gasteiger charge is -2.34. The Kier molecular flexibility index (Phi) is 6.09. The summed E-state index contributed by atoms with van der Waals surface area (Å²) < 4.78 is 5.30. The zero-order valence-electron chi connectivity index (χ0n) is 15.7. The highest BCUT2D eigenvalue weighted by Crippen LogP contribution is 2.27. The number of piperazine rings is 1. The quantitative estimate of drug-likeness (QED) is 0.573. The maximum Gasteiger partial charge on any atom is 0.255 e. The predicted molar refractivity (Wildman–Crippen MR) is 111 cm³/mol. The van der Waals surface area contributed by atoms with Crippen LogP contribution in [0.5, 0.6) is 0 Å². The van der Waals surface area contributed by atoms with Crippen molar-refractivity contribution in [2.24, 2.45) is 0 Å². The molecule has 8 heteroatoms. The molecule has 0 N–H and O–H groups in total. The number of hydrogen-bond acceptors (Lipinski definition) is 7. The summed E-state index contributed by atoms with van der Waals surface area (Å²) in [5.74, 6) is 1.76. The molecular weight excluding hydrogens is 392 g/mol. The molecule has 1 aliphatic heterocycles. The number of carbonyl (C=O) groups excluding carboxylic acids is 1. The van der Waals surface area contributed by atoms with Crippen LogP contribution in [0.1, 0.15) is 27.5 Å². The first kappa shape index (κ1) is 19.2. The first-order chi connectivity index (χ1) is 13.7. The molecule has 0 radical (unpaired) electrons. The van der Waals surface area contributed by atoms with Gasteiger partial charge in [0.1, 0.15) is 0 Å². The van der Waals surface area contributed by atoms with Gasteiger partial charge in [-0.2, -0.15) is 0 Å². The van der Waals surface area contributed by atoms with E-state index in [1.54, 1.807) is 23.1 Å². The van der Waals surface area contributed by atoms with Gasteiger partial charge in [-0.3, -0.25) is 9.69 Å². The van der Waals surface area contributed by atoms with Crippen LogP contribution in [-0.4, -0.2) is 52.0 Å². The van der Waals surface area contributed by atoms with Crippen molar-refractivity contribution in [3.8, 4) is 0 Å². The molecule has 1 fully saturated rings. The van der Waals surface area contributed by atoms with Crippen molar-refractivity contribution in [3.05, 3.63) is 63.9 Å². The topological polar surface area (TPSA) is 62.5 Å². The fourth-order valence-corrected chi connectivity index (χ4v) is 4.83. The van der Waals surface area contributed by atoms with Gasteiger partial charge in [0, 0.05) is 48.3 Å². The SMILES string of the molecule is Cc1cc(CN2CCN(C(=O)c3ccccc3SCc3cscn3)CC2)on1. The third-order valence-corrected chi connectivity index (χ3v) is 6.43. The molecule has 0 aliphatic carbocycles. The predicted octanol–water partition coefficient (Wildman–Crippen LogP) is 3.69. The Morgan fingerprint density at radius 2 is 2.07 bits per heavy atom. The van der Waals surface area contributed by atoms with Crippen molar-refractivity contribution in [3.63, 3.8) is 0 Å². The molecule has 1 aromatic carbocycles. The first-order valence-corrected chi connectivity index (χ1v) is 11.1. The molecule has 0 unspecified atom stereocenters. The molecule has 1 amide bonds. The van der Waals surface area contributed by atoms with Gasteiger partial charge >= 0.3 is 0 Å². The second-order valence-corrected chi connectivity index (χ2v) is 8.50. The number of amides is 1. The van der Waals surface area contributed by atoms with Gasteiger partial charge in [-0.05, 0) is 19.1 Å². The summed E-state index contributed by atoms with van der Waals surface area (Å²) in [4.78, 5) is 22.7. The molecule has 2 aromatic heterocycles. The second-order valence-electron chi connectivity index (χ2n) is 6.77. The Bertz CT molecular complexity index is 918. The molecule has 6 nitrogen and oxygen atoms in total. The second kappa shape index (κ2) is 8.89. The molecule has 0 bridgehead atoms. The number of carbonyl (C=O) groups is 1. The third kappa shape index (κ3) is 4.63. The van der Waals surface area contributed by atoms with Gasteiger partial charge in [-0.25, -0.2) is 4.98 Å². The van der Waals surface area contributed by atoms with Gasteiger partial charge in [0.25, 0.3) is 5.91 Å². The van der Waals surface area contributed by atoms with E-state index in [0.29, 0.717) is 0 Å². The van der Waals surface area contributed by atoms with Crippen LogP contribution in [0.2, 0.25) is 0 Å². The lowest BCUT2D eigenvalue weighted by molar-refractivity contribution is 0.0614. The summed E-state index contributed by atoms with van der Waals surface area (Å²) in [6, 6.07) is 9.83. The van der Waals surface area contributed by atoms with Gasteiger partial charge in [-0.1, -0.05) is 17.3 Å². The highest BCUT2D eigenvalue weighted by atomic mass is 32.2. The third-order valence-electron chi connectivity index (χ3n) is 4.69. The normalized spacial score (nSPS) is 15.1. The minimum absolute atomic E-state index is 0.108. The molecule has 4 rings (SSSR count). The summed E-state index contributed by atoms with van der Waals surface area (Å²) in [5, 5.41) is 5.99. The van der Waals surface area contributed by atoms with E-state index in [-0.39, 0.29) is 5.91 Å².